The zero-order chi connectivity index (χ0) is 15.2. The average Bonchev–Trinajstić information content (AvgIpc) is 2.73. The summed E-state index contributed by atoms with van der Waals surface area (Å²) >= 11 is 5.87. The zero-order valence-electron chi connectivity index (χ0n) is 10.5. The Kier molecular flexibility index (Phi) is 3.06. The summed E-state index contributed by atoms with van der Waals surface area (Å²) in [6.45, 7) is 0. The first kappa shape index (κ1) is 13.8. The van der Waals surface area contributed by atoms with E-state index in [0.29, 0.717) is 21.7 Å². The molecule has 0 amide bonds. The third-order valence-electron chi connectivity index (χ3n) is 3.07. The van der Waals surface area contributed by atoms with Crippen LogP contribution in [-0.4, -0.2) is 9.55 Å². The Morgan fingerprint density at radius 3 is 2.57 bits per heavy atom. The first-order chi connectivity index (χ1) is 9.86. The number of nitrogens with two attached hydrogens (primary N) is 1. The van der Waals surface area contributed by atoms with E-state index in [9.17, 15) is 13.2 Å². The Bertz CT molecular complexity index is 824. The van der Waals surface area contributed by atoms with E-state index in [-0.39, 0.29) is 5.95 Å². The molecular formula is C14H9ClF3N3. The van der Waals surface area contributed by atoms with Crippen molar-refractivity contribution >= 4 is 28.6 Å². The minimum absolute atomic E-state index is 0.103. The highest BCUT2D eigenvalue weighted by molar-refractivity contribution is 6.31. The lowest BCUT2D eigenvalue weighted by molar-refractivity contribution is -0.137. The normalized spacial score (nSPS) is 12.0. The molecule has 0 saturated carbocycles. The quantitative estimate of drug-likeness (QED) is 0.729. The third kappa shape index (κ3) is 2.42. The Morgan fingerprint density at radius 2 is 1.86 bits per heavy atom. The van der Waals surface area contributed by atoms with E-state index >= 15 is 0 Å². The molecule has 3 nitrogen and oxygen atoms in total. The lowest BCUT2D eigenvalue weighted by Gasteiger charge is -2.11. The second-order valence-corrected chi connectivity index (χ2v) is 4.92. The molecule has 0 saturated heterocycles. The largest absolute Gasteiger partial charge is 0.416 e. The summed E-state index contributed by atoms with van der Waals surface area (Å²) in [7, 11) is 0. The number of nitrogens with zero attached hydrogens (tertiary/aromatic N) is 2. The van der Waals surface area contributed by atoms with Gasteiger partial charge < -0.3 is 5.73 Å². The van der Waals surface area contributed by atoms with Crippen molar-refractivity contribution < 1.29 is 13.2 Å². The Labute approximate surface area is 122 Å². The number of anilines is 1. The van der Waals surface area contributed by atoms with E-state index in [1.807, 2.05) is 0 Å². The molecule has 1 heterocycles. The second-order valence-electron chi connectivity index (χ2n) is 4.49. The maximum absolute atomic E-state index is 12.8. The van der Waals surface area contributed by atoms with E-state index in [0.717, 1.165) is 12.1 Å². The van der Waals surface area contributed by atoms with Crippen LogP contribution >= 0.6 is 11.6 Å². The van der Waals surface area contributed by atoms with Gasteiger partial charge in [0.1, 0.15) is 0 Å². The Hall–Kier alpha value is -2.21. The van der Waals surface area contributed by atoms with Crippen LogP contribution in [0, 0.1) is 0 Å². The third-order valence-corrected chi connectivity index (χ3v) is 3.31. The number of imidazole rings is 1. The van der Waals surface area contributed by atoms with Gasteiger partial charge >= 0.3 is 6.18 Å². The van der Waals surface area contributed by atoms with E-state index in [2.05, 4.69) is 4.98 Å². The lowest BCUT2D eigenvalue weighted by Crippen LogP contribution is -2.07. The van der Waals surface area contributed by atoms with Crippen LogP contribution in [0.3, 0.4) is 0 Å². The number of hydrogen-bond acceptors (Lipinski definition) is 2. The van der Waals surface area contributed by atoms with Crippen LogP contribution in [0.5, 0.6) is 0 Å². The number of rotatable bonds is 1. The molecule has 0 spiro atoms. The number of aromatic nitrogens is 2. The molecule has 1 aromatic heterocycles. The Morgan fingerprint density at radius 1 is 1.10 bits per heavy atom. The smallest absolute Gasteiger partial charge is 0.369 e. The van der Waals surface area contributed by atoms with Gasteiger partial charge in [-0.2, -0.15) is 13.2 Å². The summed E-state index contributed by atoms with van der Waals surface area (Å²) in [5.41, 5.74) is 6.50. The lowest BCUT2D eigenvalue weighted by atomic mass is 10.2. The maximum atomic E-state index is 12.8. The molecule has 0 fully saturated rings. The first-order valence-corrected chi connectivity index (χ1v) is 6.35. The Balaban J connectivity index is 2.23. The van der Waals surface area contributed by atoms with Crippen molar-refractivity contribution in [3.05, 3.63) is 53.1 Å². The van der Waals surface area contributed by atoms with Crippen LogP contribution in [0.25, 0.3) is 16.7 Å². The van der Waals surface area contributed by atoms with Gasteiger partial charge in [0, 0.05) is 10.7 Å². The van der Waals surface area contributed by atoms with Crippen molar-refractivity contribution in [2.24, 2.45) is 0 Å². The van der Waals surface area contributed by atoms with Gasteiger partial charge in [-0.05, 0) is 36.4 Å². The van der Waals surface area contributed by atoms with Gasteiger partial charge in [-0.3, -0.25) is 4.57 Å². The molecule has 0 aliphatic heterocycles. The van der Waals surface area contributed by atoms with Gasteiger partial charge in [0.05, 0.1) is 16.6 Å². The van der Waals surface area contributed by atoms with Crippen LogP contribution in [0.15, 0.2) is 42.5 Å². The minimum Gasteiger partial charge on any atom is -0.369 e. The van der Waals surface area contributed by atoms with E-state index in [1.54, 1.807) is 24.3 Å². The molecule has 3 aromatic rings. The first-order valence-electron chi connectivity index (χ1n) is 5.97. The zero-order valence-corrected chi connectivity index (χ0v) is 11.3. The van der Waals surface area contributed by atoms with Crippen molar-refractivity contribution in [3.8, 4) is 5.69 Å². The minimum atomic E-state index is -4.41. The van der Waals surface area contributed by atoms with Crippen LogP contribution in [0.4, 0.5) is 19.1 Å². The van der Waals surface area contributed by atoms with Crippen molar-refractivity contribution in [2.75, 3.05) is 5.73 Å². The molecule has 108 valence electrons. The summed E-state index contributed by atoms with van der Waals surface area (Å²) in [5.74, 6) is 0.103. The molecule has 2 N–H and O–H groups in total. The number of benzene rings is 2. The predicted molar refractivity (Wildman–Crippen MR) is 75.5 cm³/mol. The van der Waals surface area contributed by atoms with E-state index < -0.39 is 11.7 Å². The van der Waals surface area contributed by atoms with Gasteiger partial charge in [0.15, 0.2) is 0 Å². The fraction of sp³-hybridized carbons (Fsp3) is 0.0714. The maximum Gasteiger partial charge on any atom is 0.416 e. The summed E-state index contributed by atoms with van der Waals surface area (Å²) in [5, 5.41) is 0.483. The molecule has 0 aliphatic carbocycles. The van der Waals surface area contributed by atoms with Crippen molar-refractivity contribution in [1.82, 2.24) is 9.55 Å². The van der Waals surface area contributed by atoms with Crippen molar-refractivity contribution in [2.45, 2.75) is 6.18 Å². The molecule has 0 radical (unpaired) electrons. The van der Waals surface area contributed by atoms with Crippen LogP contribution in [0.1, 0.15) is 5.56 Å². The molecule has 0 unspecified atom stereocenters. The van der Waals surface area contributed by atoms with Crippen molar-refractivity contribution in [1.29, 1.82) is 0 Å². The predicted octanol–water partition coefficient (Wildman–Crippen LogP) is 4.28. The number of alkyl halides is 3. The van der Waals surface area contributed by atoms with Crippen LogP contribution in [-0.2, 0) is 6.18 Å². The SMILES string of the molecule is Nc1nc2cc(Cl)ccc2n1-c1cccc(C(F)(F)F)c1. The summed E-state index contributed by atoms with van der Waals surface area (Å²) in [6, 6.07) is 9.83. The van der Waals surface area contributed by atoms with Gasteiger partial charge in [0.2, 0.25) is 5.95 Å². The topological polar surface area (TPSA) is 43.8 Å². The highest BCUT2D eigenvalue weighted by atomic mass is 35.5. The molecule has 7 heteroatoms. The summed E-state index contributed by atoms with van der Waals surface area (Å²) in [6.07, 6.45) is -4.41. The average molecular weight is 312 g/mol. The van der Waals surface area contributed by atoms with Crippen LogP contribution in [0.2, 0.25) is 5.02 Å². The fourth-order valence-electron chi connectivity index (χ4n) is 2.16. The number of halogens is 4. The number of fused-ring (bicyclic) bond motifs is 1. The molecule has 0 aliphatic rings. The van der Waals surface area contributed by atoms with Gasteiger partial charge in [0.25, 0.3) is 0 Å². The number of hydrogen-bond donors (Lipinski definition) is 1. The van der Waals surface area contributed by atoms with Crippen molar-refractivity contribution in [3.63, 3.8) is 0 Å². The molecule has 0 bridgehead atoms. The van der Waals surface area contributed by atoms with E-state index in [1.165, 1.54) is 10.6 Å². The highest BCUT2D eigenvalue weighted by Gasteiger charge is 2.30. The van der Waals surface area contributed by atoms with E-state index in [4.69, 9.17) is 17.3 Å². The standard InChI is InChI=1S/C14H9ClF3N3/c15-9-4-5-12-11(7-9)20-13(19)21(12)10-3-1-2-8(6-10)14(16,17)18/h1-7H,(H2,19,20). The van der Waals surface area contributed by atoms with Gasteiger partial charge in [-0.25, -0.2) is 4.98 Å². The molecule has 3 rings (SSSR count). The molecule has 21 heavy (non-hydrogen) atoms. The highest BCUT2D eigenvalue weighted by Crippen LogP contribution is 2.32. The number of nitrogen functional groups attached to an aromatic ring is 1. The molecular weight excluding hydrogens is 303 g/mol. The monoisotopic (exact) mass is 311 g/mol. The van der Waals surface area contributed by atoms with Gasteiger partial charge in [-0.1, -0.05) is 17.7 Å². The van der Waals surface area contributed by atoms with Gasteiger partial charge in [-0.15, -0.1) is 0 Å². The summed E-state index contributed by atoms with van der Waals surface area (Å²) < 4.78 is 39.9. The van der Waals surface area contributed by atoms with Crippen LogP contribution < -0.4 is 5.73 Å². The molecule has 0 atom stereocenters. The molecule has 2 aromatic carbocycles. The summed E-state index contributed by atoms with van der Waals surface area (Å²) in [4.78, 5) is 4.12. The fourth-order valence-corrected chi connectivity index (χ4v) is 2.33. The second kappa shape index (κ2) is 4.66.